The molecular formula is C10H20N2O2. The number of nitrogens with zero attached hydrogens (tertiary/aromatic N) is 1. The Balaban J connectivity index is 2.61. The Labute approximate surface area is 85.1 Å². The summed E-state index contributed by atoms with van der Waals surface area (Å²) in [7, 11) is 0. The summed E-state index contributed by atoms with van der Waals surface area (Å²) in [6, 6.07) is -0.0279. The standard InChI is InChI=1S/C10H20N2O2/c1-10(2,3)7-4-5-12(9(13)14)6-8(7)11/h7-8H,4-6,11H2,1-3H3,(H,13,14)/t7?,8-/m0/s1. The molecule has 1 saturated heterocycles. The average Bonchev–Trinajstić information content (AvgIpc) is 2.01. The smallest absolute Gasteiger partial charge is 0.407 e. The topological polar surface area (TPSA) is 66.6 Å². The zero-order chi connectivity index (χ0) is 10.9. The molecule has 3 N–H and O–H groups in total. The lowest BCUT2D eigenvalue weighted by atomic mass is 9.73. The van der Waals surface area contributed by atoms with Crippen molar-refractivity contribution >= 4 is 6.09 Å². The molecule has 0 aromatic rings. The SMILES string of the molecule is CC(C)(C)C1CCN(C(=O)O)C[C@@H]1N. The van der Waals surface area contributed by atoms with Gasteiger partial charge in [0.15, 0.2) is 0 Å². The summed E-state index contributed by atoms with van der Waals surface area (Å²) >= 11 is 0. The Morgan fingerprint density at radius 3 is 2.43 bits per heavy atom. The molecule has 4 heteroatoms. The molecule has 0 aliphatic carbocycles. The van der Waals surface area contributed by atoms with E-state index in [1.165, 1.54) is 4.90 Å². The van der Waals surface area contributed by atoms with E-state index in [0.717, 1.165) is 6.42 Å². The molecule has 1 fully saturated rings. The normalized spacial score (nSPS) is 29.0. The molecule has 1 amide bonds. The van der Waals surface area contributed by atoms with Gasteiger partial charge in [-0.1, -0.05) is 20.8 Å². The molecule has 1 rings (SSSR count). The van der Waals surface area contributed by atoms with Crippen molar-refractivity contribution < 1.29 is 9.90 Å². The highest BCUT2D eigenvalue weighted by Gasteiger charge is 2.35. The molecule has 0 saturated carbocycles. The molecule has 82 valence electrons. The number of amides is 1. The van der Waals surface area contributed by atoms with E-state index in [1.807, 2.05) is 0 Å². The van der Waals surface area contributed by atoms with Gasteiger partial charge < -0.3 is 15.7 Å². The van der Waals surface area contributed by atoms with Crippen molar-refractivity contribution in [1.82, 2.24) is 4.90 Å². The van der Waals surface area contributed by atoms with E-state index < -0.39 is 6.09 Å². The summed E-state index contributed by atoms with van der Waals surface area (Å²) in [4.78, 5) is 12.1. The minimum Gasteiger partial charge on any atom is -0.465 e. The van der Waals surface area contributed by atoms with Gasteiger partial charge in [0.25, 0.3) is 0 Å². The number of nitrogens with two attached hydrogens (primary N) is 1. The largest absolute Gasteiger partial charge is 0.465 e. The first-order valence-corrected chi connectivity index (χ1v) is 5.06. The van der Waals surface area contributed by atoms with Crippen LogP contribution < -0.4 is 5.73 Å². The molecule has 0 spiro atoms. The number of hydrogen-bond acceptors (Lipinski definition) is 2. The Hall–Kier alpha value is -0.770. The van der Waals surface area contributed by atoms with Crippen molar-refractivity contribution in [3.63, 3.8) is 0 Å². The Morgan fingerprint density at radius 1 is 1.50 bits per heavy atom. The molecule has 0 aromatic carbocycles. The van der Waals surface area contributed by atoms with Gasteiger partial charge in [0.2, 0.25) is 0 Å². The van der Waals surface area contributed by atoms with Crippen LogP contribution in [-0.2, 0) is 0 Å². The van der Waals surface area contributed by atoms with Crippen molar-refractivity contribution in [3.8, 4) is 0 Å². The first kappa shape index (κ1) is 11.3. The van der Waals surface area contributed by atoms with Crippen LogP contribution in [0, 0.1) is 11.3 Å². The quantitative estimate of drug-likeness (QED) is 0.620. The van der Waals surface area contributed by atoms with Crippen molar-refractivity contribution in [3.05, 3.63) is 0 Å². The fourth-order valence-electron chi connectivity index (χ4n) is 2.23. The summed E-state index contributed by atoms with van der Waals surface area (Å²) in [5.41, 5.74) is 6.16. The Bertz CT molecular complexity index is 223. The summed E-state index contributed by atoms with van der Waals surface area (Å²) < 4.78 is 0. The highest BCUT2D eigenvalue weighted by atomic mass is 16.4. The van der Waals surface area contributed by atoms with E-state index in [1.54, 1.807) is 0 Å². The lowest BCUT2D eigenvalue weighted by Gasteiger charge is -2.42. The van der Waals surface area contributed by atoms with E-state index in [4.69, 9.17) is 10.8 Å². The van der Waals surface area contributed by atoms with E-state index in [0.29, 0.717) is 19.0 Å². The van der Waals surface area contributed by atoms with Gasteiger partial charge in [-0.05, 0) is 17.8 Å². The third-order valence-corrected chi connectivity index (χ3v) is 3.04. The monoisotopic (exact) mass is 200 g/mol. The summed E-state index contributed by atoms with van der Waals surface area (Å²) in [6.45, 7) is 7.57. The predicted octanol–water partition coefficient (Wildman–Crippen LogP) is 1.36. The first-order valence-electron chi connectivity index (χ1n) is 5.06. The lowest BCUT2D eigenvalue weighted by molar-refractivity contribution is 0.0805. The molecule has 1 heterocycles. The van der Waals surface area contributed by atoms with Gasteiger partial charge in [0.1, 0.15) is 0 Å². The second kappa shape index (κ2) is 3.77. The number of carbonyl (C=O) groups is 1. The molecule has 1 aliphatic heterocycles. The highest BCUT2D eigenvalue weighted by molar-refractivity contribution is 5.65. The lowest BCUT2D eigenvalue weighted by Crippen LogP contribution is -2.53. The second-order valence-electron chi connectivity index (χ2n) is 5.15. The van der Waals surface area contributed by atoms with Crippen molar-refractivity contribution in [2.24, 2.45) is 17.1 Å². The minimum absolute atomic E-state index is 0.0279. The van der Waals surface area contributed by atoms with Crippen LogP contribution in [0.3, 0.4) is 0 Å². The zero-order valence-corrected chi connectivity index (χ0v) is 9.16. The van der Waals surface area contributed by atoms with Crippen LogP contribution in [0.2, 0.25) is 0 Å². The molecule has 0 radical (unpaired) electrons. The van der Waals surface area contributed by atoms with Gasteiger partial charge in [0.05, 0.1) is 0 Å². The molecule has 0 bridgehead atoms. The Morgan fingerprint density at radius 2 is 2.07 bits per heavy atom. The second-order valence-corrected chi connectivity index (χ2v) is 5.15. The maximum Gasteiger partial charge on any atom is 0.407 e. The summed E-state index contributed by atoms with van der Waals surface area (Å²) in [5, 5.41) is 8.82. The molecule has 2 atom stereocenters. The molecule has 0 aromatic heterocycles. The van der Waals surface area contributed by atoms with Crippen LogP contribution in [0.1, 0.15) is 27.2 Å². The third kappa shape index (κ3) is 2.38. The van der Waals surface area contributed by atoms with E-state index in [2.05, 4.69) is 20.8 Å². The van der Waals surface area contributed by atoms with Gasteiger partial charge in [0, 0.05) is 19.1 Å². The van der Waals surface area contributed by atoms with Crippen LogP contribution in [0.5, 0.6) is 0 Å². The van der Waals surface area contributed by atoms with Crippen LogP contribution in [-0.4, -0.2) is 35.2 Å². The van der Waals surface area contributed by atoms with Gasteiger partial charge in [-0.15, -0.1) is 0 Å². The number of carboxylic acid groups (broad SMARTS) is 1. The van der Waals surface area contributed by atoms with E-state index >= 15 is 0 Å². The fraction of sp³-hybridized carbons (Fsp3) is 0.900. The van der Waals surface area contributed by atoms with E-state index in [-0.39, 0.29) is 11.5 Å². The molecular weight excluding hydrogens is 180 g/mol. The fourth-order valence-corrected chi connectivity index (χ4v) is 2.23. The third-order valence-electron chi connectivity index (χ3n) is 3.04. The van der Waals surface area contributed by atoms with Crippen LogP contribution >= 0.6 is 0 Å². The van der Waals surface area contributed by atoms with Crippen LogP contribution in [0.15, 0.2) is 0 Å². The van der Waals surface area contributed by atoms with Gasteiger partial charge in [-0.25, -0.2) is 4.79 Å². The van der Waals surface area contributed by atoms with Crippen LogP contribution in [0.25, 0.3) is 0 Å². The molecule has 4 nitrogen and oxygen atoms in total. The van der Waals surface area contributed by atoms with Gasteiger partial charge in [-0.3, -0.25) is 0 Å². The highest BCUT2D eigenvalue weighted by Crippen LogP contribution is 2.33. The zero-order valence-electron chi connectivity index (χ0n) is 9.16. The molecule has 1 aliphatic rings. The van der Waals surface area contributed by atoms with Crippen molar-refractivity contribution in [2.75, 3.05) is 13.1 Å². The number of piperidine rings is 1. The van der Waals surface area contributed by atoms with E-state index in [9.17, 15) is 4.79 Å². The predicted molar refractivity (Wildman–Crippen MR) is 55.1 cm³/mol. The van der Waals surface area contributed by atoms with Crippen molar-refractivity contribution in [1.29, 1.82) is 0 Å². The minimum atomic E-state index is -0.854. The van der Waals surface area contributed by atoms with Gasteiger partial charge in [-0.2, -0.15) is 0 Å². The number of likely N-dealkylation sites (tertiary alicyclic amines) is 1. The number of rotatable bonds is 0. The maximum absolute atomic E-state index is 10.7. The first-order chi connectivity index (χ1) is 6.32. The van der Waals surface area contributed by atoms with Crippen molar-refractivity contribution in [2.45, 2.75) is 33.2 Å². The molecule has 1 unspecified atom stereocenters. The number of hydrogen-bond donors (Lipinski definition) is 2. The summed E-state index contributed by atoms with van der Waals surface area (Å²) in [6.07, 6.45) is 0.0181. The van der Waals surface area contributed by atoms with Crippen LogP contribution in [0.4, 0.5) is 4.79 Å². The maximum atomic E-state index is 10.7. The Kier molecular flexibility index (Phi) is 3.04. The molecule has 14 heavy (non-hydrogen) atoms. The average molecular weight is 200 g/mol. The summed E-state index contributed by atoms with van der Waals surface area (Å²) in [5.74, 6) is 0.415. The van der Waals surface area contributed by atoms with Gasteiger partial charge >= 0.3 is 6.09 Å².